The molecule has 3 atom stereocenters. The second kappa shape index (κ2) is 5.21. The Labute approximate surface area is 113 Å². The molecule has 1 aromatic carbocycles. The summed E-state index contributed by atoms with van der Waals surface area (Å²) in [4.78, 5) is 12.2. The van der Waals surface area contributed by atoms with Gasteiger partial charge in [-0.05, 0) is 24.5 Å². The van der Waals surface area contributed by atoms with Gasteiger partial charge in [0.1, 0.15) is 6.04 Å². The van der Waals surface area contributed by atoms with Crippen LogP contribution in [0.2, 0.25) is 0 Å². The number of aliphatic hydroxyl groups is 1. The van der Waals surface area contributed by atoms with E-state index in [0.717, 1.165) is 37.8 Å². The molecule has 2 unspecified atom stereocenters. The predicted octanol–water partition coefficient (Wildman–Crippen LogP) is 1.44. The zero-order valence-corrected chi connectivity index (χ0v) is 10.9. The molecule has 4 nitrogen and oxygen atoms in total. The fraction of sp³-hybridized carbons (Fsp3) is 0.533. The lowest BCUT2D eigenvalue weighted by atomic mass is 9.92. The summed E-state index contributed by atoms with van der Waals surface area (Å²) in [6.45, 7) is 0. The van der Waals surface area contributed by atoms with Crippen molar-refractivity contribution in [3.05, 3.63) is 29.8 Å². The maximum Gasteiger partial charge on any atom is 0.243 e. The largest absolute Gasteiger partial charge is 0.391 e. The Bertz CT molecular complexity index is 450. The van der Waals surface area contributed by atoms with Crippen LogP contribution in [-0.2, 0) is 11.2 Å². The van der Waals surface area contributed by atoms with Crippen molar-refractivity contribution in [1.82, 2.24) is 5.32 Å². The fourth-order valence-electron chi connectivity index (χ4n) is 3.02. The lowest BCUT2D eigenvalue weighted by Gasteiger charge is -2.29. The molecule has 0 bridgehead atoms. The molecule has 1 saturated carbocycles. The van der Waals surface area contributed by atoms with Crippen molar-refractivity contribution in [2.45, 2.75) is 50.3 Å². The minimum absolute atomic E-state index is 0.00199. The van der Waals surface area contributed by atoms with Gasteiger partial charge in [0.25, 0.3) is 0 Å². The van der Waals surface area contributed by atoms with Crippen LogP contribution in [0.5, 0.6) is 0 Å². The molecule has 1 aliphatic carbocycles. The molecule has 0 aromatic heterocycles. The zero-order valence-electron chi connectivity index (χ0n) is 10.9. The molecule has 19 heavy (non-hydrogen) atoms. The number of amides is 1. The first-order valence-electron chi connectivity index (χ1n) is 7.07. The van der Waals surface area contributed by atoms with Crippen molar-refractivity contribution in [2.24, 2.45) is 0 Å². The Balaban J connectivity index is 1.60. The third-order valence-electron chi connectivity index (χ3n) is 4.14. The second-order valence-electron chi connectivity index (χ2n) is 5.53. The molecule has 1 aliphatic heterocycles. The predicted molar refractivity (Wildman–Crippen MR) is 74.0 cm³/mol. The Hall–Kier alpha value is -1.55. The van der Waals surface area contributed by atoms with Crippen LogP contribution < -0.4 is 10.6 Å². The Kier molecular flexibility index (Phi) is 3.42. The number of carbonyl (C=O) groups excluding carboxylic acids is 1. The van der Waals surface area contributed by atoms with Gasteiger partial charge in [-0.3, -0.25) is 4.79 Å². The van der Waals surface area contributed by atoms with Crippen LogP contribution in [0, 0.1) is 0 Å². The standard InChI is InChI=1S/C15H20N2O2/c18-14-8-4-3-7-12(14)17-15(19)13-9-10-5-1-2-6-11(10)16-13/h1-2,5-6,12-14,16,18H,3-4,7-9H2,(H,17,19)/t12?,13-,14?/m0/s1. The van der Waals surface area contributed by atoms with Crippen LogP contribution in [0.25, 0.3) is 0 Å². The first-order valence-corrected chi connectivity index (χ1v) is 7.07. The number of aliphatic hydroxyl groups excluding tert-OH is 1. The van der Waals surface area contributed by atoms with E-state index in [4.69, 9.17) is 0 Å². The van der Waals surface area contributed by atoms with Gasteiger partial charge in [0.05, 0.1) is 12.1 Å². The average molecular weight is 260 g/mol. The second-order valence-corrected chi connectivity index (χ2v) is 5.53. The summed E-state index contributed by atoms with van der Waals surface area (Å²) in [5.74, 6) is 0.00199. The molecular formula is C15H20N2O2. The van der Waals surface area contributed by atoms with Crippen LogP contribution in [0.4, 0.5) is 5.69 Å². The van der Waals surface area contributed by atoms with E-state index in [9.17, 15) is 9.90 Å². The van der Waals surface area contributed by atoms with Crippen molar-refractivity contribution in [1.29, 1.82) is 0 Å². The molecule has 1 fully saturated rings. The van der Waals surface area contributed by atoms with Crippen molar-refractivity contribution in [3.8, 4) is 0 Å². The number of nitrogens with one attached hydrogen (secondary N) is 2. The van der Waals surface area contributed by atoms with Gasteiger partial charge < -0.3 is 15.7 Å². The van der Waals surface area contributed by atoms with E-state index in [1.165, 1.54) is 5.56 Å². The molecule has 2 aliphatic rings. The minimum atomic E-state index is -0.388. The molecular weight excluding hydrogens is 240 g/mol. The first kappa shape index (κ1) is 12.5. The van der Waals surface area contributed by atoms with Crippen LogP contribution in [0.3, 0.4) is 0 Å². The maximum atomic E-state index is 12.2. The van der Waals surface area contributed by atoms with Gasteiger partial charge in [0, 0.05) is 12.1 Å². The highest BCUT2D eigenvalue weighted by atomic mass is 16.3. The van der Waals surface area contributed by atoms with E-state index < -0.39 is 0 Å². The van der Waals surface area contributed by atoms with Crippen molar-refractivity contribution >= 4 is 11.6 Å². The number of para-hydroxylation sites is 1. The van der Waals surface area contributed by atoms with Crippen molar-refractivity contribution in [2.75, 3.05) is 5.32 Å². The number of fused-ring (bicyclic) bond motifs is 1. The molecule has 1 amide bonds. The molecule has 0 spiro atoms. The summed E-state index contributed by atoms with van der Waals surface area (Å²) in [7, 11) is 0. The maximum absolute atomic E-state index is 12.2. The van der Waals surface area contributed by atoms with Gasteiger partial charge in [-0.2, -0.15) is 0 Å². The highest BCUT2D eigenvalue weighted by molar-refractivity contribution is 5.87. The Morgan fingerprint density at radius 2 is 2.05 bits per heavy atom. The zero-order chi connectivity index (χ0) is 13.2. The van der Waals surface area contributed by atoms with E-state index in [-0.39, 0.29) is 24.1 Å². The number of hydrogen-bond donors (Lipinski definition) is 3. The molecule has 102 valence electrons. The van der Waals surface area contributed by atoms with Gasteiger partial charge in [-0.25, -0.2) is 0 Å². The van der Waals surface area contributed by atoms with Gasteiger partial charge in [-0.1, -0.05) is 31.0 Å². The first-order chi connectivity index (χ1) is 9.24. The molecule has 3 N–H and O–H groups in total. The van der Waals surface area contributed by atoms with Crippen molar-refractivity contribution in [3.63, 3.8) is 0 Å². The van der Waals surface area contributed by atoms with Crippen LogP contribution >= 0.6 is 0 Å². The minimum Gasteiger partial charge on any atom is -0.391 e. The van der Waals surface area contributed by atoms with Crippen LogP contribution in [0.15, 0.2) is 24.3 Å². The van der Waals surface area contributed by atoms with Crippen LogP contribution in [0.1, 0.15) is 31.2 Å². The average Bonchev–Trinajstić information content (AvgIpc) is 2.85. The number of hydrogen-bond acceptors (Lipinski definition) is 3. The Morgan fingerprint density at radius 1 is 1.26 bits per heavy atom. The summed E-state index contributed by atoms with van der Waals surface area (Å²) in [6, 6.07) is 7.73. The summed E-state index contributed by atoms with van der Waals surface area (Å²) < 4.78 is 0. The lowest BCUT2D eigenvalue weighted by Crippen LogP contribution is -2.49. The van der Waals surface area contributed by atoms with E-state index in [0.29, 0.717) is 0 Å². The van der Waals surface area contributed by atoms with E-state index in [1.54, 1.807) is 0 Å². The van der Waals surface area contributed by atoms with E-state index in [2.05, 4.69) is 10.6 Å². The number of benzene rings is 1. The quantitative estimate of drug-likeness (QED) is 0.754. The monoisotopic (exact) mass is 260 g/mol. The lowest BCUT2D eigenvalue weighted by molar-refractivity contribution is -0.123. The summed E-state index contributed by atoms with van der Waals surface area (Å²) >= 11 is 0. The number of carbonyl (C=O) groups is 1. The van der Waals surface area contributed by atoms with E-state index in [1.807, 2.05) is 24.3 Å². The van der Waals surface area contributed by atoms with Gasteiger partial charge >= 0.3 is 0 Å². The van der Waals surface area contributed by atoms with E-state index >= 15 is 0 Å². The van der Waals surface area contributed by atoms with Crippen molar-refractivity contribution < 1.29 is 9.90 Å². The summed E-state index contributed by atoms with van der Waals surface area (Å²) in [5, 5.41) is 16.1. The van der Waals surface area contributed by atoms with Crippen LogP contribution in [-0.4, -0.2) is 29.2 Å². The number of rotatable bonds is 2. The smallest absolute Gasteiger partial charge is 0.243 e. The molecule has 0 radical (unpaired) electrons. The third-order valence-corrected chi connectivity index (χ3v) is 4.14. The molecule has 3 rings (SSSR count). The molecule has 0 saturated heterocycles. The molecule has 4 heteroatoms. The SMILES string of the molecule is O=C(NC1CCCCC1O)[C@@H]1Cc2ccccc2N1. The highest BCUT2D eigenvalue weighted by Gasteiger charge is 2.30. The topological polar surface area (TPSA) is 61.4 Å². The summed E-state index contributed by atoms with van der Waals surface area (Å²) in [6.07, 6.45) is 4.16. The molecule has 1 aromatic rings. The van der Waals surface area contributed by atoms with Gasteiger partial charge in [0.15, 0.2) is 0 Å². The van der Waals surface area contributed by atoms with Gasteiger partial charge in [0.2, 0.25) is 5.91 Å². The third kappa shape index (κ3) is 2.59. The number of anilines is 1. The fourth-order valence-corrected chi connectivity index (χ4v) is 3.02. The van der Waals surface area contributed by atoms with Gasteiger partial charge in [-0.15, -0.1) is 0 Å². The molecule has 1 heterocycles. The summed E-state index contributed by atoms with van der Waals surface area (Å²) in [5.41, 5.74) is 2.23. The Morgan fingerprint density at radius 3 is 2.84 bits per heavy atom. The highest BCUT2D eigenvalue weighted by Crippen LogP contribution is 2.25. The normalized spacial score (nSPS) is 29.4.